The number of H-pyrrole nitrogens is 1. The molecule has 0 fully saturated rings. The van der Waals surface area contributed by atoms with Gasteiger partial charge in [-0.15, -0.1) is 0 Å². The Morgan fingerprint density at radius 3 is 2.92 bits per heavy atom. The van der Waals surface area contributed by atoms with Gasteiger partial charge in [-0.05, 0) is 12.1 Å². The molecule has 1 aromatic heterocycles. The Bertz CT molecular complexity index is 451. The quantitative estimate of drug-likeness (QED) is 0.723. The zero-order valence-electron chi connectivity index (χ0n) is 6.65. The summed E-state index contributed by atoms with van der Waals surface area (Å²) in [4.78, 5) is 11.5. The topological polar surface area (TPSA) is 62.3 Å². The van der Waals surface area contributed by atoms with Gasteiger partial charge in [0.2, 0.25) is 0 Å². The van der Waals surface area contributed by atoms with Crippen molar-refractivity contribution in [3.63, 3.8) is 0 Å². The van der Waals surface area contributed by atoms with Gasteiger partial charge in [-0.3, -0.25) is 0 Å². The molecule has 0 radical (unpaired) electrons. The van der Waals surface area contributed by atoms with E-state index in [2.05, 4.69) is 4.98 Å². The van der Waals surface area contributed by atoms with Crippen LogP contribution in [0.15, 0.2) is 30.5 Å². The summed E-state index contributed by atoms with van der Waals surface area (Å²) >= 11 is 0. The zero-order valence-corrected chi connectivity index (χ0v) is 7.65. The molecule has 5 heteroatoms. The Morgan fingerprint density at radius 2 is 2.15 bits per heavy atom. The fraction of sp³-hybridized carbons (Fsp3) is 0. The number of aromatic amines is 1. The van der Waals surface area contributed by atoms with Gasteiger partial charge < -0.3 is 14.4 Å². The van der Waals surface area contributed by atoms with E-state index < -0.39 is 8.25 Å². The highest BCUT2D eigenvalue weighted by atomic mass is 31.1. The maximum atomic E-state index is 10.5. The molecule has 0 saturated carbocycles. The summed E-state index contributed by atoms with van der Waals surface area (Å²) in [6, 6.07) is 7.42. The fourth-order valence-corrected chi connectivity index (χ4v) is 1.58. The van der Waals surface area contributed by atoms with Crippen LogP contribution < -0.4 is 4.52 Å². The Labute approximate surface area is 75.1 Å². The minimum absolute atomic E-state index is 0.419. The van der Waals surface area contributed by atoms with Crippen molar-refractivity contribution >= 4 is 19.2 Å². The van der Waals surface area contributed by atoms with Crippen LogP contribution in [-0.4, -0.2) is 9.88 Å². The third kappa shape index (κ3) is 1.59. The number of fused-ring (bicyclic) bond motifs is 1. The maximum Gasteiger partial charge on any atom is 0.365 e. The van der Waals surface area contributed by atoms with Crippen LogP contribution in [0.4, 0.5) is 0 Å². The number of para-hydroxylation sites is 1. The summed E-state index contributed by atoms with van der Waals surface area (Å²) in [6.45, 7) is 0. The molecule has 0 bridgehead atoms. The van der Waals surface area contributed by atoms with E-state index in [1.165, 1.54) is 0 Å². The van der Waals surface area contributed by atoms with Crippen LogP contribution in [0.5, 0.6) is 5.75 Å². The number of aromatic nitrogens is 1. The van der Waals surface area contributed by atoms with Gasteiger partial charge in [0, 0.05) is 17.1 Å². The van der Waals surface area contributed by atoms with Gasteiger partial charge in [-0.2, -0.15) is 0 Å². The van der Waals surface area contributed by atoms with Gasteiger partial charge in [-0.25, -0.2) is 4.57 Å². The van der Waals surface area contributed by atoms with Crippen molar-refractivity contribution in [1.29, 1.82) is 0 Å². The lowest BCUT2D eigenvalue weighted by Crippen LogP contribution is -1.76. The van der Waals surface area contributed by atoms with E-state index in [0.717, 1.165) is 10.9 Å². The summed E-state index contributed by atoms with van der Waals surface area (Å²) in [7, 11) is -2.92. The molecule has 2 rings (SSSR count). The molecular weight excluding hydrogens is 189 g/mol. The summed E-state index contributed by atoms with van der Waals surface area (Å²) in [5.74, 6) is 0.419. The predicted octanol–water partition coefficient (Wildman–Crippen LogP) is 1.93. The van der Waals surface area contributed by atoms with Crippen LogP contribution in [0.25, 0.3) is 10.9 Å². The smallest absolute Gasteiger partial charge is 0.365 e. The zero-order chi connectivity index (χ0) is 9.26. The first kappa shape index (κ1) is 8.35. The molecule has 1 aromatic carbocycles. The van der Waals surface area contributed by atoms with Gasteiger partial charge in [0.1, 0.15) is 0 Å². The minimum atomic E-state index is -2.92. The SMILES string of the molecule is O=[PH](O)Oc1c[nH]c2ccccc12. The highest BCUT2D eigenvalue weighted by Gasteiger charge is 2.04. The summed E-state index contributed by atoms with van der Waals surface area (Å²) < 4.78 is 15.2. The maximum absolute atomic E-state index is 10.5. The fourth-order valence-electron chi connectivity index (χ4n) is 1.22. The van der Waals surface area contributed by atoms with Gasteiger partial charge in [0.25, 0.3) is 0 Å². The second kappa shape index (κ2) is 3.24. The average Bonchev–Trinajstić information content (AvgIpc) is 2.48. The standard InChI is InChI=1S/C8H8NO3P/c10-13(11)12-8-5-9-7-4-2-1-3-6(7)8/h1-5,9,13H,(H,10,11). The van der Waals surface area contributed by atoms with Crippen LogP contribution in [0.3, 0.4) is 0 Å². The highest BCUT2D eigenvalue weighted by Crippen LogP contribution is 2.30. The second-order valence-corrected chi connectivity index (χ2v) is 3.30. The third-order valence-electron chi connectivity index (χ3n) is 1.75. The molecule has 0 saturated heterocycles. The molecule has 0 aliphatic carbocycles. The molecule has 0 aliphatic heterocycles. The largest absolute Gasteiger partial charge is 0.424 e. The normalized spacial score (nSPS) is 13.0. The molecule has 1 heterocycles. The van der Waals surface area contributed by atoms with Crippen molar-refractivity contribution in [2.75, 3.05) is 0 Å². The van der Waals surface area contributed by atoms with Crippen LogP contribution >= 0.6 is 8.25 Å². The van der Waals surface area contributed by atoms with Gasteiger partial charge in [0.15, 0.2) is 5.75 Å². The molecule has 0 spiro atoms. The average molecular weight is 197 g/mol. The van der Waals surface area contributed by atoms with E-state index in [1.54, 1.807) is 6.20 Å². The van der Waals surface area contributed by atoms with Gasteiger partial charge >= 0.3 is 8.25 Å². The summed E-state index contributed by atoms with van der Waals surface area (Å²) in [5.41, 5.74) is 0.890. The monoisotopic (exact) mass is 197 g/mol. The molecule has 68 valence electrons. The van der Waals surface area contributed by atoms with E-state index in [1.807, 2.05) is 24.3 Å². The van der Waals surface area contributed by atoms with E-state index in [0.29, 0.717) is 5.75 Å². The van der Waals surface area contributed by atoms with E-state index >= 15 is 0 Å². The van der Waals surface area contributed by atoms with Gasteiger partial charge in [0.05, 0.1) is 0 Å². The lowest BCUT2D eigenvalue weighted by molar-refractivity contribution is 0.412. The molecule has 13 heavy (non-hydrogen) atoms. The third-order valence-corrected chi connectivity index (χ3v) is 2.14. The van der Waals surface area contributed by atoms with Crippen molar-refractivity contribution in [2.24, 2.45) is 0 Å². The number of benzene rings is 1. The van der Waals surface area contributed by atoms with Crippen molar-refractivity contribution in [3.8, 4) is 5.75 Å². The van der Waals surface area contributed by atoms with Crippen LogP contribution in [0.1, 0.15) is 0 Å². The van der Waals surface area contributed by atoms with E-state index in [4.69, 9.17) is 9.42 Å². The van der Waals surface area contributed by atoms with Crippen LogP contribution in [0.2, 0.25) is 0 Å². The van der Waals surface area contributed by atoms with E-state index in [-0.39, 0.29) is 0 Å². The molecule has 0 amide bonds. The number of nitrogens with one attached hydrogen (secondary N) is 1. The molecular formula is C8H8NO3P. The molecule has 2 aromatic rings. The first-order valence-electron chi connectivity index (χ1n) is 3.74. The number of hydrogen-bond donors (Lipinski definition) is 2. The van der Waals surface area contributed by atoms with Crippen molar-refractivity contribution in [1.82, 2.24) is 4.98 Å². The Balaban J connectivity index is 2.51. The summed E-state index contributed by atoms with van der Waals surface area (Å²) in [6.07, 6.45) is 1.57. The highest BCUT2D eigenvalue weighted by molar-refractivity contribution is 7.32. The Kier molecular flexibility index (Phi) is 2.08. The van der Waals surface area contributed by atoms with Crippen LogP contribution in [-0.2, 0) is 4.57 Å². The molecule has 4 nitrogen and oxygen atoms in total. The molecule has 2 N–H and O–H groups in total. The molecule has 1 unspecified atom stereocenters. The number of rotatable bonds is 2. The van der Waals surface area contributed by atoms with Crippen molar-refractivity contribution in [2.45, 2.75) is 0 Å². The minimum Gasteiger partial charge on any atom is -0.424 e. The lowest BCUT2D eigenvalue weighted by Gasteiger charge is -1.97. The van der Waals surface area contributed by atoms with Gasteiger partial charge in [-0.1, -0.05) is 12.1 Å². The molecule has 0 aliphatic rings. The van der Waals surface area contributed by atoms with Crippen LogP contribution in [0, 0.1) is 0 Å². The first-order valence-corrected chi connectivity index (χ1v) is 5.00. The summed E-state index contributed by atoms with van der Waals surface area (Å²) in [5, 5.41) is 0.815. The predicted molar refractivity (Wildman–Crippen MR) is 50.1 cm³/mol. The van der Waals surface area contributed by atoms with Crippen molar-refractivity contribution < 1.29 is 14.0 Å². The Hall–Kier alpha value is -1.25. The first-order chi connectivity index (χ1) is 6.27. The lowest BCUT2D eigenvalue weighted by atomic mass is 10.2. The number of hydrogen-bond acceptors (Lipinski definition) is 2. The second-order valence-electron chi connectivity index (χ2n) is 2.57. The van der Waals surface area contributed by atoms with Crippen molar-refractivity contribution in [3.05, 3.63) is 30.5 Å². The Morgan fingerprint density at radius 1 is 1.38 bits per heavy atom. The molecule has 1 atom stereocenters. The van der Waals surface area contributed by atoms with E-state index in [9.17, 15) is 4.57 Å².